The average molecular weight is 292 g/mol. The van der Waals surface area contributed by atoms with Gasteiger partial charge in [0.15, 0.2) is 0 Å². The third-order valence-electron chi connectivity index (χ3n) is 3.75. The van der Waals surface area contributed by atoms with E-state index in [9.17, 15) is 4.79 Å². The van der Waals surface area contributed by atoms with E-state index >= 15 is 0 Å². The fourth-order valence-electron chi connectivity index (χ4n) is 2.63. The summed E-state index contributed by atoms with van der Waals surface area (Å²) in [6, 6.07) is 9.88. The number of likely N-dealkylation sites (N-methyl/N-ethyl adjacent to an activating group) is 1. The zero-order valence-electron chi connectivity index (χ0n) is 12.6. The number of ether oxygens (including phenoxy) is 1. The molecule has 5 heteroatoms. The van der Waals surface area contributed by atoms with Gasteiger partial charge in [-0.25, -0.2) is 0 Å². The molecule has 1 N–H and O–H groups in total. The molecule has 0 radical (unpaired) electrons. The Morgan fingerprint density at radius 3 is 2.90 bits per heavy atom. The van der Waals surface area contributed by atoms with Crippen molar-refractivity contribution in [3.63, 3.8) is 0 Å². The van der Waals surface area contributed by atoms with E-state index in [4.69, 9.17) is 9.84 Å². The van der Waals surface area contributed by atoms with Crippen LogP contribution in [0.3, 0.4) is 0 Å². The van der Waals surface area contributed by atoms with Crippen molar-refractivity contribution in [1.82, 2.24) is 9.80 Å². The second kappa shape index (κ2) is 8.12. The van der Waals surface area contributed by atoms with Crippen molar-refractivity contribution in [2.24, 2.45) is 0 Å². The molecule has 0 saturated carbocycles. The molecule has 21 heavy (non-hydrogen) atoms. The predicted molar refractivity (Wildman–Crippen MR) is 81.0 cm³/mol. The minimum Gasteiger partial charge on any atom is -0.395 e. The Hall–Kier alpha value is -1.43. The summed E-state index contributed by atoms with van der Waals surface area (Å²) in [4.78, 5) is 16.5. The van der Waals surface area contributed by atoms with E-state index in [-0.39, 0.29) is 18.6 Å². The Morgan fingerprint density at radius 2 is 2.19 bits per heavy atom. The highest BCUT2D eigenvalue weighted by Crippen LogP contribution is 2.11. The first-order valence-electron chi connectivity index (χ1n) is 7.41. The fourth-order valence-corrected chi connectivity index (χ4v) is 2.63. The lowest BCUT2D eigenvalue weighted by Gasteiger charge is -2.37. The summed E-state index contributed by atoms with van der Waals surface area (Å²) in [5, 5.41) is 8.98. The molecule has 1 heterocycles. The van der Waals surface area contributed by atoms with Crippen molar-refractivity contribution in [3.8, 4) is 0 Å². The normalized spacial score (nSPS) is 19.0. The SMILES string of the molecule is CN(CCO)C[C@H]1COCCN1C(=O)Cc1ccccc1. The molecule has 0 aromatic heterocycles. The zero-order valence-corrected chi connectivity index (χ0v) is 12.6. The first-order valence-corrected chi connectivity index (χ1v) is 7.41. The van der Waals surface area contributed by atoms with Crippen LogP contribution in [0.5, 0.6) is 0 Å². The molecule has 0 unspecified atom stereocenters. The molecule has 0 bridgehead atoms. The Morgan fingerprint density at radius 1 is 1.43 bits per heavy atom. The van der Waals surface area contributed by atoms with Gasteiger partial charge in [0.05, 0.1) is 32.3 Å². The van der Waals surface area contributed by atoms with Gasteiger partial charge in [0.1, 0.15) is 0 Å². The van der Waals surface area contributed by atoms with Gasteiger partial charge in [-0.05, 0) is 12.6 Å². The molecule has 1 aromatic rings. The van der Waals surface area contributed by atoms with Gasteiger partial charge >= 0.3 is 0 Å². The van der Waals surface area contributed by atoms with Crippen LogP contribution in [0.2, 0.25) is 0 Å². The van der Waals surface area contributed by atoms with Gasteiger partial charge in [0.2, 0.25) is 5.91 Å². The molecule has 0 spiro atoms. The summed E-state index contributed by atoms with van der Waals surface area (Å²) >= 11 is 0. The number of carbonyl (C=O) groups excluding carboxylic acids is 1. The maximum Gasteiger partial charge on any atom is 0.227 e. The van der Waals surface area contributed by atoms with Crippen molar-refractivity contribution >= 4 is 5.91 Å². The second-order valence-corrected chi connectivity index (χ2v) is 5.46. The fraction of sp³-hybridized carbons (Fsp3) is 0.562. The first-order chi connectivity index (χ1) is 10.2. The smallest absolute Gasteiger partial charge is 0.227 e. The van der Waals surface area contributed by atoms with Crippen molar-refractivity contribution in [1.29, 1.82) is 0 Å². The van der Waals surface area contributed by atoms with E-state index in [0.29, 0.717) is 32.7 Å². The topological polar surface area (TPSA) is 53.0 Å². The maximum absolute atomic E-state index is 12.5. The van der Waals surface area contributed by atoms with Gasteiger partial charge in [0, 0.05) is 19.6 Å². The van der Waals surface area contributed by atoms with Gasteiger partial charge in [-0.15, -0.1) is 0 Å². The lowest BCUT2D eigenvalue weighted by Crippen LogP contribution is -2.53. The summed E-state index contributed by atoms with van der Waals surface area (Å²) in [7, 11) is 1.95. The molecule has 5 nitrogen and oxygen atoms in total. The number of carbonyl (C=O) groups is 1. The van der Waals surface area contributed by atoms with Gasteiger partial charge in [-0.2, -0.15) is 0 Å². The van der Waals surface area contributed by atoms with Crippen LogP contribution in [0.25, 0.3) is 0 Å². The molecular weight excluding hydrogens is 268 g/mol. The largest absolute Gasteiger partial charge is 0.395 e. The Labute approximate surface area is 126 Å². The lowest BCUT2D eigenvalue weighted by molar-refractivity contribution is -0.139. The minimum absolute atomic E-state index is 0.0616. The molecule has 0 aliphatic carbocycles. The molecular formula is C16H24N2O3. The summed E-state index contributed by atoms with van der Waals surface area (Å²) in [6.45, 7) is 3.26. The van der Waals surface area contributed by atoms with Crippen LogP contribution < -0.4 is 0 Å². The van der Waals surface area contributed by atoms with Gasteiger partial charge in [-0.1, -0.05) is 30.3 Å². The maximum atomic E-state index is 12.5. The highest BCUT2D eigenvalue weighted by Gasteiger charge is 2.27. The molecule has 1 aromatic carbocycles. The summed E-state index contributed by atoms with van der Waals surface area (Å²) < 4.78 is 5.51. The number of aliphatic hydroxyl groups excluding tert-OH is 1. The zero-order chi connectivity index (χ0) is 15.1. The van der Waals surface area contributed by atoms with Crippen LogP contribution in [-0.2, 0) is 16.0 Å². The van der Waals surface area contributed by atoms with Crippen LogP contribution in [0.4, 0.5) is 0 Å². The van der Waals surface area contributed by atoms with E-state index in [2.05, 4.69) is 0 Å². The van der Waals surface area contributed by atoms with Crippen LogP contribution in [0.1, 0.15) is 5.56 Å². The second-order valence-electron chi connectivity index (χ2n) is 5.46. The van der Waals surface area contributed by atoms with E-state index in [1.807, 2.05) is 47.2 Å². The molecule has 1 saturated heterocycles. The van der Waals surface area contributed by atoms with Crippen molar-refractivity contribution in [2.45, 2.75) is 12.5 Å². The van der Waals surface area contributed by atoms with E-state index in [1.165, 1.54) is 0 Å². The standard InChI is InChI=1S/C16H24N2O3/c1-17(7-9-19)12-15-13-21-10-8-18(15)16(20)11-14-5-3-2-4-6-14/h2-6,15,19H,7-13H2,1H3/t15-/m0/s1. The number of hydrogen-bond donors (Lipinski definition) is 1. The molecule has 1 amide bonds. The summed E-state index contributed by atoms with van der Waals surface area (Å²) in [5.74, 6) is 0.145. The van der Waals surface area contributed by atoms with Crippen molar-refractivity contribution in [3.05, 3.63) is 35.9 Å². The Kier molecular flexibility index (Phi) is 6.17. The number of rotatable bonds is 6. The van der Waals surface area contributed by atoms with E-state index < -0.39 is 0 Å². The number of aliphatic hydroxyl groups is 1. The van der Waals surface area contributed by atoms with E-state index in [0.717, 1.165) is 12.1 Å². The molecule has 1 atom stereocenters. The van der Waals surface area contributed by atoms with Crippen molar-refractivity contribution in [2.75, 3.05) is 46.5 Å². The first kappa shape index (κ1) is 15.9. The summed E-state index contributed by atoms with van der Waals surface area (Å²) in [6.07, 6.45) is 0.432. The van der Waals surface area contributed by atoms with E-state index in [1.54, 1.807) is 0 Å². The van der Waals surface area contributed by atoms with Crippen molar-refractivity contribution < 1.29 is 14.6 Å². The summed E-state index contributed by atoms with van der Waals surface area (Å²) in [5.41, 5.74) is 1.04. The predicted octanol–water partition coefficient (Wildman–Crippen LogP) is 0.381. The number of hydrogen-bond acceptors (Lipinski definition) is 4. The monoisotopic (exact) mass is 292 g/mol. The molecule has 2 rings (SSSR count). The number of benzene rings is 1. The molecule has 116 valence electrons. The molecule has 1 aliphatic heterocycles. The van der Waals surface area contributed by atoms with Crippen LogP contribution in [-0.4, -0.2) is 73.4 Å². The van der Waals surface area contributed by atoms with Crippen LogP contribution in [0.15, 0.2) is 30.3 Å². The minimum atomic E-state index is 0.0616. The quantitative estimate of drug-likeness (QED) is 0.823. The molecule has 1 aliphatic rings. The number of nitrogens with zero attached hydrogens (tertiary/aromatic N) is 2. The number of morpholine rings is 1. The van der Waals surface area contributed by atoms with Crippen LogP contribution in [0, 0.1) is 0 Å². The van der Waals surface area contributed by atoms with Gasteiger partial charge in [-0.3, -0.25) is 4.79 Å². The Bertz CT molecular complexity index is 438. The van der Waals surface area contributed by atoms with Crippen LogP contribution >= 0.6 is 0 Å². The van der Waals surface area contributed by atoms with Gasteiger partial charge in [0.25, 0.3) is 0 Å². The van der Waals surface area contributed by atoms with Gasteiger partial charge < -0.3 is 19.6 Å². The third kappa shape index (κ3) is 4.81. The third-order valence-corrected chi connectivity index (χ3v) is 3.75. The molecule has 1 fully saturated rings. The highest BCUT2D eigenvalue weighted by atomic mass is 16.5. The Balaban J connectivity index is 1.95. The highest BCUT2D eigenvalue weighted by molar-refractivity contribution is 5.79. The number of amides is 1. The average Bonchev–Trinajstić information content (AvgIpc) is 2.49. The lowest BCUT2D eigenvalue weighted by atomic mass is 10.1.